The Labute approximate surface area is 177 Å². The number of halogens is 1. The lowest BCUT2D eigenvalue weighted by molar-refractivity contribution is 0.588. The quantitative estimate of drug-likeness (QED) is 0.236. The minimum atomic E-state index is 0. The van der Waals surface area contributed by atoms with Crippen LogP contribution in [-0.2, 0) is 13.1 Å². The van der Waals surface area contributed by atoms with Crippen molar-refractivity contribution in [1.29, 1.82) is 0 Å². The number of para-hydroxylation sites is 1. The summed E-state index contributed by atoms with van der Waals surface area (Å²) in [6.45, 7) is 4.65. The summed E-state index contributed by atoms with van der Waals surface area (Å²) in [6.07, 6.45) is 7.92. The van der Waals surface area contributed by atoms with Gasteiger partial charge in [-0.15, -0.1) is 24.0 Å². The highest BCUT2D eigenvalue weighted by Gasteiger charge is 2.03. The fourth-order valence-electron chi connectivity index (χ4n) is 2.96. The maximum atomic E-state index is 4.41. The standard InChI is InChI=1S/C20H26N6.HI/c1-16-22-12-14-26(16)13-6-5-10-24-20(21-2)25-15-17-9-11-23-19-8-4-3-7-18(17)19;/h3-4,7-9,11-12,14H,5-6,10,13,15H2,1-2H3,(H2,21,24,25);1H. The van der Waals surface area contributed by atoms with E-state index in [-0.39, 0.29) is 24.0 Å². The van der Waals surface area contributed by atoms with Gasteiger partial charge in [0.2, 0.25) is 0 Å². The molecule has 27 heavy (non-hydrogen) atoms. The smallest absolute Gasteiger partial charge is 0.191 e. The minimum absolute atomic E-state index is 0. The number of unbranched alkanes of at least 4 members (excludes halogenated alkanes) is 1. The monoisotopic (exact) mass is 478 g/mol. The van der Waals surface area contributed by atoms with E-state index in [1.54, 1.807) is 7.05 Å². The highest BCUT2D eigenvalue weighted by atomic mass is 127. The van der Waals surface area contributed by atoms with E-state index < -0.39 is 0 Å². The molecule has 0 fully saturated rings. The highest BCUT2D eigenvalue weighted by Crippen LogP contribution is 2.15. The number of nitrogens with one attached hydrogen (secondary N) is 2. The third-order valence-electron chi connectivity index (χ3n) is 4.45. The zero-order valence-corrected chi connectivity index (χ0v) is 18.2. The van der Waals surface area contributed by atoms with Gasteiger partial charge in [0.25, 0.3) is 0 Å². The molecule has 2 heterocycles. The first-order valence-electron chi connectivity index (χ1n) is 9.03. The Hall–Kier alpha value is -2.16. The van der Waals surface area contributed by atoms with Gasteiger partial charge in [-0.2, -0.15) is 0 Å². The summed E-state index contributed by atoms with van der Waals surface area (Å²) in [6, 6.07) is 10.2. The SMILES string of the molecule is CN=C(NCCCCn1ccnc1C)NCc1ccnc2ccccc12.I. The summed E-state index contributed by atoms with van der Waals surface area (Å²) in [5.41, 5.74) is 2.23. The number of rotatable bonds is 7. The van der Waals surface area contributed by atoms with Crippen molar-refractivity contribution >= 4 is 40.8 Å². The van der Waals surface area contributed by atoms with Crippen LogP contribution in [0.5, 0.6) is 0 Å². The zero-order valence-electron chi connectivity index (χ0n) is 15.9. The van der Waals surface area contributed by atoms with Crippen molar-refractivity contribution in [3.63, 3.8) is 0 Å². The number of hydrogen-bond acceptors (Lipinski definition) is 3. The molecule has 0 aliphatic heterocycles. The number of guanidine groups is 1. The van der Waals surface area contributed by atoms with Crippen LogP contribution in [0, 0.1) is 6.92 Å². The van der Waals surface area contributed by atoms with Crippen LogP contribution in [0.4, 0.5) is 0 Å². The number of aryl methyl sites for hydroxylation is 2. The van der Waals surface area contributed by atoms with E-state index in [1.807, 2.05) is 43.7 Å². The molecule has 0 aliphatic rings. The molecule has 7 heteroatoms. The highest BCUT2D eigenvalue weighted by molar-refractivity contribution is 14.0. The van der Waals surface area contributed by atoms with Crippen molar-refractivity contribution in [3.8, 4) is 0 Å². The topological polar surface area (TPSA) is 67.1 Å². The van der Waals surface area contributed by atoms with Gasteiger partial charge in [0.1, 0.15) is 5.82 Å². The Morgan fingerprint density at radius 1 is 1.07 bits per heavy atom. The average molecular weight is 478 g/mol. The van der Waals surface area contributed by atoms with Crippen LogP contribution in [0.3, 0.4) is 0 Å². The molecule has 3 rings (SSSR count). The summed E-state index contributed by atoms with van der Waals surface area (Å²) in [5.74, 6) is 1.89. The molecule has 0 radical (unpaired) electrons. The van der Waals surface area contributed by atoms with Crippen molar-refractivity contribution in [2.24, 2.45) is 4.99 Å². The van der Waals surface area contributed by atoms with Crippen molar-refractivity contribution in [2.75, 3.05) is 13.6 Å². The first-order chi connectivity index (χ1) is 12.8. The maximum absolute atomic E-state index is 4.41. The molecule has 0 spiro atoms. The van der Waals surface area contributed by atoms with Gasteiger partial charge in [0.05, 0.1) is 5.52 Å². The van der Waals surface area contributed by atoms with E-state index >= 15 is 0 Å². The molecule has 0 aliphatic carbocycles. The molecular formula is C20H27IN6. The Bertz CT molecular complexity index is 868. The maximum Gasteiger partial charge on any atom is 0.191 e. The van der Waals surface area contributed by atoms with Gasteiger partial charge >= 0.3 is 0 Å². The van der Waals surface area contributed by atoms with E-state index in [0.717, 1.165) is 49.8 Å². The van der Waals surface area contributed by atoms with Crippen molar-refractivity contribution in [2.45, 2.75) is 32.9 Å². The summed E-state index contributed by atoms with van der Waals surface area (Å²) in [7, 11) is 1.80. The van der Waals surface area contributed by atoms with Gasteiger partial charge in [-0.05, 0) is 37.5 Å². The van der Waals surface area contributed by atoms with E-state index in [9.17, 15) is 0 Å². The molecule has 0 bridgehead atoms. The van der Waals surface area contributed by atoms with Gasteiger partial charge in [0.15, 0.2) is 5.96 Å². The molecule has 0 unspecified atom stereocenters. The van der Waals surface area contributed by atoms with Crippen LogP contribution < -0.4 is 10.6 Å². The van der Waals surface area contributed by atoms with Crippen LogP contribution in [0.1, 0.15) is 24.2 Å². The van der Waals surface area contributed by atoms with Gasteiger partial charge in [-0.1, -0.05) is 18.2 Å². The second-order valence-corrected chi connectivity index (χ2v) is 6.21. The number of imidazole rings is 1. The molecule has 0 atom stereocenters. The molecule has 3 aromatic rings. The van der Waals surface area contributed by atoms with E-state index in [2.05, 4.69) is 42.3 Å². The molecule has 2 N–H and O–H groups in total. The summed E-state index contributed by atoms with van der Waals surface area (Å²) in [4.78, 5) is 13.0. The molecule has 0 saturated carbocycles. The van der Waals surface area contributed by atoms with Crippen LogP contribution >= 0.6 is 24.0 Å². The minimum Gasteiger partial charge on any atom is -0.356 e. The molecule has 2 aromatic heterocycles. The van der Waals surface area contributed by atoms with Crippen LogP contribution in [0.25, 0.3) is 10.9 Å². The number of benzene rings is 1. The second kappa shape index (κ2) is 10.9. The summed E-state index contributed by atoms with van der Waals surface area (Å²) < 4.78 is 2.18. The lowest BCUT2D eigenvalue weighted by Gasteiger charge is -2.13. The first-order valence-corrected chi connectivity index (χ1v) is 9.03. The number of fused-ring (bicyclic) bond motifs is 1. The van der Waals surface area contributed by atoms with Crippen LogP contribution in [0.15, 0.2) is 53.9 Å². The fourth-order valence-corrected chi connectivity index (χ4v) is 2.96. The van der Waals surface area contributed by atoms with Gasteiger partial charge in [0, 0.05) is 50.7 Å². The molecule has 6 nitrogen and oxygen atoms in total. The van der Waals surface area contributed by atoms with Crippen LogP contribution in [0.2, 0.25) is 0 Å². The number of hydrogen-bond donors (Lipinski definition) is 2. The van der Waals surface area contributed by atoms with Gasteiger partial charge < -0.3 is 15.2 Å². The largest absolute Gasteiger partial charge is 0.356 e. The Morgan fingerprint density at radius 2 is 1.93 bits per heavy atom. The van der Waals surface area contributed by atoms with Crippen molar-refractivity contribution < 1.29 is 0 Å². The van der Waals surface area contributed by atoms with Crippen LogP contribution in [-0.4, -0.2) is 34.1 Å². The van der Waals surface area contributed by atoms with Crippen molar-refractivity contribution in [1.82, 2.24) is 25.2 Å². The third-order valence-corrected chi connectivity index (χ3v) is 4.45. The fraction of sp³-hybridized carbons (Fsp3) is 0.350. The van der Waals surface area contributed by atoms with Gasteiger partial charge in [-0.25, -0.2) is 4.98 Å². The number of pyridine rings is 1. The molecule has 0 saturated heterocycles. The Kier molecular flexibility index (Phi) is 8.50. The molecule has 1 aromatic carbocycles. The number of aromatic nitrogens is 3. The summed E-state index contributed by atoms with van der Waals surface area (Å²) >= 11 is 0. The molecule has 0 amide bonds. The lowest BCUT2D eigenvalue weighted by Crippen LogP contribution is -2.37. The third kappa shape index (κ3) is 5.92. The predicted octanol–water partition coefficient (Wildman–Crippen LogP) is 3.50. The lowest BCUT2D eigenvalue weighted by atomic mass is 10.1. The van der Waals surface area contributed by atoms with Crippen molar-refractivity contribution in [3.05, 3.63) is 60.3 Å². The molecule has 144 valence electrons. The average Bonchev–Trinajstić information content (AvgIpc) is 3.09. The Balaban J connectivity index is 0.00000261. The Morgan fingerprint density at radius 3 is 2.70 bits per heavy atom. The first kappa shape index (κ1) is 21.1. The van der Waals surface area contributed by atoms with E-state index in [1.165, 1.54) is 10.9 Å². The normalized spacial score (nSPS) is 11.3. The summed E-state index contributed by atoms with van der Waals surface area (Å²) in [5, 5.41) is 7.94. The predicted molar refractivity (Wildman–Crippen MR) is 122 cm³/mol. The van der Waals surface area contributed by atoms with E-state index in [0.29, 0.717) is 0 Å². The zero-order chi connectivity index (χ0) is 18.2. The molecular weight excluding hydrogens is 451 g/mol. The van der Waals surface area contributed by atoms with Gasteiger partial charge in [-0.3, -0.25) is 9.98 Å². The van der Waals surface area contributed by atoms with E-state index in [4.69, 9.17) is 0 Å². The number of aliphatic imine (C=N–C) groups is 1. The second-order valence-electron chi connectivity index (χ2n) is 6.21. The number of nitrogens with zero attached hydrogens (tertiary/aromatic N) is 4.